The summed E-state index contributed by atoms with van der Waals surface area (Å²) in [4.78, 5) is 38.5. The molecule has 0 saturated heterocycles. The topological polar surface area (TPSA) is 88.1 Å². The molecule has 114 valence electrons. The molecule has 0 aromatic carbocycles. The molecule has 1 N–H and O–H groups in total. The number of hydrogen-bond donors (Lipinski definition) is 1. The van der Waals surface area contributed by atoms with Crippen LogP contribution < -0.4 is 5.32 Å². The van der Waals surface area contributed by atoms with Crippen molar-refractivity contribution in [2.24, 2.45) is 0 Å². The van der Waals surface area contributed by atoms with E-state index in [0.29, 0.717) is 24.6 Å². The highest BCUT2D eigenvalue weighted by Crippen LogP contribution is 2.28. The maximum Gasteiger partial charge on any atom is 0.277 e. The predicted octanol–water partition coefficient (Wildman–Crippen LogP) is 1.31. The van der Waals surface area contributed by atoms with Gasteiger partial charge < -0.3 is 4.90 Å². The Morgan fingerprint density at radius 2 is 2.27 bits per heavy atom. The van der Waals surface area contributed by atoms with Crippen LogP contribution in [-0.4, -0.2) is 44.1 Å². The first-order valence-corrected chi connectivity index (χ1v) is 7.92. The molecule has 2 aromatic heterocycles. The van der Waals surface area contributed by atoms with Gasteiger partial charge in [-0.15, -0.1) is 11.6 Å². The zero-order valence-electron chi connectivity index (χ0n) is 11.5. The van der Waals surface area contributed by atoms with Crippen molar-refractivity contribution in [3.05, 3.63) is 34.9 Å². The summed E-state index contributed by atoms with van der Waals surface area (Å²) in [6.45, 7) is 1.08. The molecule has 0 unspecified atom stereocenters. The van der Waals surface area contributed by atoms with Gasteiger partial charge in [0.05, 0.1) is 18.4 Å². The van der Waals surface area contributed by atoms with E-state index in [0.717, 1.165) is 10.6 Å². The van der Waals surface area contributed by atoms with E-state index in [9.17, 15) is 9.59 Å². The maximum atomic E-state index is 12.0. The van der Waals surface area contributed by atoms with Crippen LogP contribution in [0, 0.1) is 0 Å². The molecule has 0 aliphatic carbocycles. The molecule has 3 heterocycles. The van der Waals surface area contributed by atoms with Crippen molar-refractivity contribution >= 4 is 39.9 Å². The summed E-state index contributed by atoms with van der Waals surface area (Å²) in [6.07, 6.45) is 5.01. The van der Waals surface area contributed by atoms with Gasteiger partial charge in [-0.25, -0.2) is 9.97 Å². The first-order chi connectivity index (χ1) is 10.7. The molecular weight excluding hydrogens is 326 g/mol. The van der Waals surface area contributed by atoms with E-state index in [2.05, 4.69) is 20.3 Å². The van der Waals surface area contributed by atoms with E-state index < -0.39 is 0 Å². The molecule has 2 aromatic rings. The van der Waals surface area contributed by atoms with Gasteiger partial charge in [-0.1, -0.05) is 11.3 Å². The van der Waals surface area contributed by atoms with E-state index >= 15 is 0 Å². The van der Waals surface area contributed by atoms with Crippen molar-refractivity contribution in [1.82, 2.24) is 19.9 Å². The molecular formula is C13H12ClN5O2S. The molecule has 7 nitrogen and oxygen atoms in total. The normalized spacial score (nSPS) is 13.6. The lowest BCUT2D eigenvalue weighted by Gasteiger charge is -2.25. The van der Waals surface area contributed by atoms with Crippen molar-refractivity contribution in [3.63, 3.8) is 0 Å². The van der Waals surface area contributed by atoms with Crippen LogP contribution in [0.3, 0.4) is 0 Å². The summed E-state index contributed by atoms with van der Waals surface area (Å²) < 4.78 is 0. The lowest BCUT2D eigenvalue weighted by molar-refractivity contribution is -0.129. The fourth-order valence-corrected chi connectivity index (χ4v) is 3.31. The van der Waals surface area contributed by atoms with E-state index in [-0.39, 0.29) is 23.4 Å². The number of thiazole rings is 1. The Hall–Kier alpha value is -2.06. The van der Waals surface area contributed by atoms with Gasteiger partial charge >= 0.3 is 0 Å². The summed E-state index contributed by atoms with van der Waals surface area (Å²) >= 11 is 6.94. The SMILES string of the molecule is O=C(Nc1nc2c(s1)CN(C(=O)CCl)CC2)c1cnccn1. The van der Waals surface area contributed by atoms with Crippen molar-refractivity contribution < 1.29 is 9.59 Å². The highest BCUT2D eigenvalue weighted by atomic mass is 35.5. The van der Waals surface area contributed by atoms with Gasteiger partial charge in [-0.05, 0) is 0 Å². The minimum Gasteiger partial charge on any atom is -0.336 e. The van der Waals surface area contributed by atoms with Crippen LogP contribution in [0.15, 0.2) is 18.6 Å². The van der Waals surface area contributed by atoms with E-state index in [1.54, 1.807) is 4.90 Å². The number of amides is 2. The molecule has 1 aliphatic rings. The van der Waals surface area contributed by atoms with E-state index in [1.807, 2.05) is 0 Å². The number of alkyl halides is 1. The number of hydrogen-bond acceptors (Lipinski definition) is 6. The van der Waals surface area contributed by atoms with E-state index in [4.69, 9.17) is 11.6 Å². The predicted molar refractivity (Wildman–Crippen MR) is 81.9 cm³/mol. The van der Waals surface area contributed by atoms with Crippen molar-refractivity contribution in [2.75, 3.05) is 17.7 Å². The standard InChI is InChI=1S/C13H12ClN5O2S/c14-5-11(20)19-4-1-8-10(7-19)22-13(17-8)18-12(21)9-6-15-2-3-16-9/h2-3,6H,1,4-5,7H2,(H,17,18,21). The zero-order chi connectivity index (χ0) is 15.5. The number of fused-ring (bicyclic) bond motifs is 1. The van der Waals surface area contributed by atoms with Crippen LogP contribution in [-0.2, 0) is 17.8 Å². The van der Waals surface area contributed by atoms with Crippen LogP contribution in [0.25, 0.3) is 0 Å². The van der Waals surface area contributed by atoms with Crippen LogP contribution in [0.1, 0.15) is 21.1 Å². The number of carbonyl (C=O) groups excluding carboxylic acids is 2. The van der Waals surface area contributed by atoms with Gasteiger partial charge in [0, 0.05) is 30.2 Å². The number of nitrogens with zero attached hydrogens (tertiary/aromatic N) is 4. The number of nitrogens with one attached hydrogen (secondary N) is 1. The Labute approximate surface area is 135 Å². The zero-order valence-corrected chi connectivity index (χ0v) is 13.0. The smallest absolute Gasteiger partial charge is 0.277 e. The number of anilines is 1. The van der Waals surface area contributed by atoms with Crippen LogP contribution in [0.4, 0.5) is 5.13 Å². The van der Waals surface area contributed by atoms with Gasteiger partial charge in [0.15, 0.2) is 5.13 Å². The lowest BCUT2D eigenvalue weighted by Crippen LogP contribution is -2.36. The largest absolute Gasteiger partial charge is 0.336 e. The molecule has 0 radical (unpaired) electrons. The Bertz CT molecular complexity index is 706. The maximum absolute atomic E-state index is 12.0. The first kappa shape index (κ1) is 14.9. The second kappa shape index (κ2) is 6.37. The molecule has 1 aliphatic heterocycles. The second-order valence-corrected chi connectivity index (χ2v) is 5.98. The summed E-state index contributed by atoms with van der Waals surface area (Å²) in [5, 5.41) is 3.21. The van der Waals surface area contributed by atoms with Crippen molar-refractivity contribution in [2.45, 2.75) is 13.0 Å². The average Bonchev–Trinajstić information content (AvgIpc) is 2.96. The van der Waals surface area contributed by atoms with Gasteiger partial charge in [0.25, 0.3) is 5.91 Å². The summed E-state index contributed by atoms with van der Waals surface area (Å²) in [7, 11) is 0. The summed E-state index contributed by atoms with van der Waals surface area (Å²) in [5.41, 5.74) is 1.15. The Morgan fingerprint density at radius 1 is 1.41 bits per heavy atom. The third-order valence-corrected chi connectivity index (χ3v) is 4.44. The molecule has 22 heavy (non-hydrogen) atoms. The minimum absolute atomic E-state index is 0.0234. The molecule has 0 spiro atoms. The molecule has 0 bridgehead atoms. The number of rotatable bonds is 3. The van der Waals surface area contributed by atoms with Crippen LogP contribution in [0.5, 0.6) is 0 Å². The van der Waals surface area contributed by atoms with E-state index in [1.165, 1.54) is 29.9 Å². The highest BCUT2D eigenvalue weighted by Gasteiger charge is 2.24. The molecule has 9 heteroatoms. The van der Waals surface area contributed by atoms with Crippen molar-refractivity contribution in [3.8, 4) is 0 Å². The molecule has 2 amide bonds. The van der Waals surface area contributed by atoms with Gasteiger partial charge in [0.1, 0.15) is 11.6 Å². The molecule has 0 saturated carbocycles. The van der Waals surface area contributed by atoms with Gasteiger partial charge in [0.2, 0.25) is 5.91 Å². The minimum atomic E-state index is -0.354. The monoisotopic (exact) mass is 337 g/mol. The summed E-state index contributed by atoms with van der Waals surface area (Å²) in [6, 6.07) is 0. The van der Waals surface area contributed by atoms with Gasteiger partial charge in [-0.2, -0.15) is 0 Å². The third kappa shape index (κ3) is 3.07. The Morgan fingerprint density at radius 3 is 3.00 bits per heavy atom. The average molecular weight is 338 g/mol. The Kier molecular flexibility index (Phi) is 4.30. The fraction of sp³-hybridized carbons (Fsp3) is 0.308. The molecule has 3 rings (SSSR count). The van der Waals surface area contributed by atoms with Crippen LogP contribution in [0.2, 0.25) is 0 Å². The Balaban J connectivity index is 1.72. The number of carbonyl (C=O) groups is 2. The summed E-state index contributed by atoms with van der Waals surface area (Å²) in [5.74, 6) is -0.469. The van der Waals surface area contributed by atoms with Gasteiger partial charge in [-0.3, -0.25) is 19.9 Å². The molecule has 0 fully saturated rings. The quantitative estimate of drug-likeness (QED) is 0.853. The highest BCUT2D eigenvalue weighted by molar-refractivity contribution is 7.15. The number of halogens is 1. The van der Waals surface area contributed by atoms with Crippen LogP contribution >= 0.6 is 22.9 Å². The number of aromatic nitrogens is 3. The fourth-order valence-electron chi connectivity index (χ4n) is 2.12. The first-order valence-electron chi connectivity index (χ1n) is 6.57. The molecule has 0 atom stereocenters. The second-order valence-electron chi connectivity index (χ2n) is 4.63. The third-order valence-electron chi connectivity index (χ3n) is 3.21. The van der Waals surface area contributed by atoms with Crippen molar-refractivity contribution in [1.29, 1.82) is 0 Å². The lowest BCUT2D eigenvalue weighted by atomic mass is 10.2.